The summed E-state index contributed by atoms with van der Waals surface area (Å²) in [5.41, 5.74) is 4.25. The van der Waals surface area contributed by atoms with Crippen LogP contribution in [0.1, 0.15) is 13.8 Å². The molecule has 0 saturated heterocycles. The highest BCUT2D eigenvalue weighted by molar-refractivity contribution is 5.85. The topological polar surface area (TPSA) is 73.7 Å². The summed E-state index contributed by atoms with van der Waals surface area (Å²) >= 11 is 0. The largest absolute Gasteiger partial charge is 0.386 e. The van der Waals surface area contributed by atoms with Crippen LogP contribution in [0.15, 0.2) is 0 Å². The first-order chi connectivity index (χ1) is 3.50. The van der Waals surface area contributed by atoms with Gasteiger partial charge < -0.3 is 5.73 Å². The molecule has 0 heterocycles. The van der Waals surface area contributed by atoms with Gasteiger partial charge in [0, 0.05) is 0 Å². The van der Waals surface area contributed by atoms with Crippen LogP contribution in [0.25, 0.3) is 0 Å². The number of nitrogens with one attached hydrogen (secondary N) is 1. The van der Waals surface area contributed by atoms with E-state index < -0.39 is 5.41 Å². The first-order valence-corrected chi connectivity index (χ1v) is 2.26. The monoisotopic (exact) mass is 111 g/mol. The van der Waals surface area contributed by atoms with Crippen molar-refractivity contribution in [1.29, 1.82) is 10.7 Å². The standard InChI is InChI=1S/C5H9N3/c1-5(2,3-6)4(7)8/h1-2H3,(H3,7,8). The van der Waals surface area contributed by atoms with Crippen LogP contribution < -0.4 is 5.73 Å². The van der Waals surface area contributed by atoms with E-state index in [-0.39, 0.29) is 5.84 Å². The van der Waals surface area contributed by atoms with Crippen molar-refractivity contribution >= 4 is 5.84 Å². The Morgan fingerprint density at radius 2 is 2.12 bits per heavy atom. The number of nitriles is 1. The number of rotatable bonds is 1. The second-order valence-corrected chi connectivity index (χ2v) is 2.15. The molecule has 0 aromatic carbocycles. The van der Waals surface area contributed by atoms with Crippen molar-refractivity contribution in [2.75, 3.05) is 0 Å². The molecule has 0 spiro atoms. The predicted octanol–water partition coefficient (Wildman–Crippen LogP) is 0.472. The van der Waals surface area contributed by atoms with Crippen molar-refractivity contribution in [3.63, 3.8) is 0 Å². The van der Waals surface area contributed by atoms with E-state index in [0.29, 0.717) is 0 Å². The molecule has 0 atom stereocenters. The Kier molecular flexibility index (Phi) is 1.59. The van der Waals surface area contributed by atoms with Crippen LogP contribution in [0.2, 0.25) is 0 Å². The average Bonchev–Trinajstić information content (AvgIpc) is 1.67. The first kappa shape index (κ1) is 6.96. The molecule has 44 valence electrons. The second kappa shape index (κ2) is 1.83. The summed E-state index contributed by atoms with van der Waals surface area (Å²) in [7, 11) is 0. The zero-order chi connectivity index (χ0) is 6.78. The maximum absolute atomic E-state index is 8.29. The van der Waals surface area contributed by atoms with Gasteiger partial charge in [-0.15, -0.1) is 0 Å². The van der Waals surface area contributed by atoms with Crippen molar-refractivity contribution in [2.45, 2.75) is 13.8 Å². The van der Waals surface area contributed by atoms with Gasteiger partial charge in [-0.3, -0.25) is 5.41 Å². The van der Waals surface area contributed by atoms with Crippen molar-refractivity contribution in [1.82, 2.24) is 0 Å². The zero-order valence-electron chi connectivity index (χ0n) is 5.02. The van der Waals surface area contributed by atoms with Gasteiger partial charge in [0.05, 0.1) is 6.07 Å². The van der Waals surface area contributed by atoms with Gasteiger partial charge in [-0.05, 0) is 13.8 Å². The lowest BCUT2D eigenvalue weighted by Gasteiger charge is -2.10. The molecule has 0 radical (unpaired) electrons. The Morgan fingerprint density at radius 3 is 2.12 bits per heavy atom. The van der Waals surface area contributed by atoms with Crippen LogP contribution in [0.3, 0.4) is 0 Å². The van der Waals surface area contributed by atoms with Crippen LogP contribution in [-0.4, -0.2) is 5.84 Å². The van der Waals surface area contributed by atoms with Gasteiger partial charge >= 0.3 is 0 Å². The lowest BCUT2D eigenvalue weighted by molar-refractivity contribution is 0.681. The fraction of sp³-hybridized carbons (Fsp3) is 0.600. The molecule has 0 bridgehead atoms. The number of nitrogens with two attached hydrogens (primary N) is 1. The maximum Gasteiger partial charge on any atom is 0.111 e. The van der Waals surface area contributed by atoms with Crippen LogP contribution in [0, 0.1) is 22.2 Å². The zero-order valence-corrected chi connectivity index (χ0v) is 5.02. The van der Waals surface area contributed by atoms with E-state index in [2.05, 4.69) is 0 Å². The SMILES string of the molecule is CC(C)(C#N)C(=N)N. The number of hydrogen-bond donors (Lipinski definition) is 2. The van der Waals surface area contributed by atoms with Crippen LogP contribution >= 0.6 is 0 Å². The highest BCUT2D eigenvalue weighted by atomic mass is 14.7. The van der Waals surface area contributed by atoms with E-state index >= 15 is 0 Å². The Bertz CT molecular complexity index is 140. The van der Waals surface area contributed by atoms with Crippen molar-refractivity contribution in [3.05, 3.63) is 0 Å². The minimum Gasteiger partial charge on any atom is -0.386 e. The molecular weight excluding hydrogens is 102 g/mol. The number of nitrogens with zero attached hydrogens (tertiary/aromatic N) is 1. The number of amidine groups is 1. The van der Waals surface area contributed by atoms with Gasteiger partial charge in [-0.25, -0.2) is 0 Å². The minimum atomic E-state index is -0.792. The minimum absolute atomic E-state index is 0.0833. The molecule has 0 aliphatic rings. The van der Waals surface area contributed by atoms with Gasteiger partial charge in [0.25, 0.3) is 0 Å². The fourth-order valence-corrected chi connectivity index (χ4v) is 0.0602. The van der Waals surface area contributed by atoms with Gasteiger partial charge in [-0.2, -0.15) is 5.26 Å². The summed E-state index contributed by atoms with van der Waals surface area (Å²) in [6, 6.07) is 1.89. The molecule has 3 heteroatoms. The van der Waals surface area contributed by atoms with Gasteiger partial charge in [-0.1, -0.05) is 0 Å². The third kappa shape index (κ3) is 1.23. The third-order valence-corrected chi connectivity index (χ3v) is 0.953. The summed E-state index contributed by atoms with van der Waals surface area (Å²) < 4.78 is 0. The Hall–Kier alpha value is -1.04. The predicted molar refractivity (Wildman–Crippen MR) is 31.3 cm³/mol. The summed E-state index contributed by atoms with van der Waals surface area (Å²) in [4.78, 5) is 0. The lowest BCUT2D eigenvalue weighted by atomic mass is 9.95. The maximum atomic E-state index is 8.29. The van der Waals surface area contributed by atoms with Crippen molar-refractivity contribution in [2.24, 2.45) is 11.1 Å². The van der Waals surface area contributed by atoms with Crippen LogP contribution in [0.5, 0.6) is 0 Å². The molecule has 0 unspecified atom stereocenters. The van der Waals surface area contributed by atoms with E-state index in [1.807, 2.05) is 6.07 Å². The highest BCUT2D eigenvalue weighted by Crippen LogP contribution is 2.10. The molecule has 0 amide bonds. The third-order valence-electron chi connectivity index (χ3n) is 0.953. The summed E-state index contributed by atoms with van der Waals surface area (Å²) in [6.07, 6.45) is 0. The lowest BCUT2D eigenvalue weighted by Crippen LogP contribution is -2.28. The molecule has 0 aliphatic heterocycles. The Labute approximate surface area is 48.6 Å². The van der Waals surface area contributed by atoms with E-state index in [4.69, 9.17) is 16.4 Å². The van der Waals surface area contributed by atoms with Crippen molar-refractivity contribution in [3.8, 4) is 6.07 Å². The molecule has 3 N–H and O–H groups in total. The van der Waals surface area contributed by atoms with Crippen LogP contribution in [-0.2, 0) is 0 Å². The molecule has 0 aliphatic carbocycles. The van der Waals surface area contributed by atoms with Gasteiger partial charge in [0.2, 0.25) is 0 Å². The molecule has 0 saturated carbocycles. The summed E-state index contributed by atoms with van der Waals surface area (Å²) in [5, 5.41) is 15.1. The molecule has 8 heavy (non-hydrogen) atoms. The van der Waals surface area contributed by atoms with Crippen molar-refractivity contribution < 1.29 is 0 Å². The fourth-order valence-electron chi connectivity index (χ4n) is 0.0602. The average molecular weight is 111 g/mol. The Balaban J connectivity index is 4.19. The highest BCUT2D eigenvalue weighted by Gasteiger charge is 2.19. The van der Waals surface area contributed by atoms with Gasteiger partial charge in [0.1, 0.15) is 11.3 Å². The normalized spacial score (nSPS) is 10.1. The summed E-state index contributed by atoms with van der Waals surface area (Å²) in [5.74, 6) is -0.0833. The van der Waals surface area contributed by atoms with E-state index in [1.54, 1.807) is 13.8 Å². The van der Waals surface area contributed by atoms with Gasteiger partial charge in [0.15, 0.2) is 0 Å². The van der Waals surface area contributed by atoms with E-state index in [9.17, 15) is 0 Å². The molecule has 0 aromatic heterocycles. The quantitative estimate of drug-likeness (QED) is 0.381. The smallest absolute Gasteiger partial charge is 0.111 e. The number of hydrogen-bond acceptors (Lipinski definition) is 2. The Morgan fingerprint density at radius 1 is 1.75 bits per heavy atom. The van der Waals surface area contributed by atoms with E-state index in [1.165, 1.54) is 0 Å². The van der Waals surface area contributed by atoms with Crippen LogP contribution in [0.4, 0.5) is 0 Å². The molecule has 0 rings (SSSR count). The molecule has 0 aromatic rings. The molecule has 3 nitrogen and oxygen atoms in total. The second-order valence-electron chi connectivity index (χ2n) is 2.15. The molecular formula is C5H9N3. The first-order valence-electron chi connectivity index (χ1n) is 2.26. The summed E-state index contributed by atoms with van der Waals surface area (Å²) in [6.45, 7) is 3.21. The van der Waals surface area contributed by atoms with E-state index in [0.717, 1.165) is 0 Å². The molecule has 0 fully saturated rings.